The van der Waals surface area contributed by atoms with Gasteiger partial charge in [0.2, 0.25) is 0 Å². The first-order valence-electron chi connectivity index (χ1n) is 7.78. The summed E-state index contributed by atoms with van der Waals surface area (Å²) < 4.78 is 10.3. The van der Waals surface area contributed by atoms with Gasteiger partial charge in [0.15, 0.2) is 5.78 Å². The molecule has 0 heterocycles. The number of Topliss-reactive ketones (excluding diaryl/α,β-unsaturated/α-hetero) is 1. The van der Waals surface area contributed by atoms with Gasteiger partial charge in [0, 0.05) is 6.42 Å². The zero-order valence-electron chi connectivity index (χ0n) is 13.9. The molecule has 0 amide bonds. The van der Waals surface area contributed by atoms with E-state index < -0.39 is 17.0 Å². The van der Waals surface area contributed by atoms with Crippen LogP contribution in [0.25, 0.3) is 0 Å². The monoisotopic (exact) mass is 310 g/mol. The number of ketones is 1. The van der Waals surface area contributed by atoms with Gasteiger partial charge < -0.3 is 9.47 Å². The lowest BCUT2D eigenvalue weighted by Crippen LogP contribution is -2.40. The summed E-state index contributed by atoms with van der Waals surface area (Å²) in [5.41, 5.74) is -1.71. The molecule has 1 aliphatic carbocycles. The minimum atomic E-state index is -1.08. The molecule has 0 N–H and O–H groups in total. The van der Waals surface area contributed by atoms with Gasteiger partial charge in [0.25, 0.3) is 0 Å². The second-order valence-corrected chi connectivity index (χ2v) is 6.55. The first kappa shape index (κ1) is 18.4. The molecule has 5 nitrogen and oxygen atoms in total. The Morgan fingerprint density at radius 1 is 1.27 bits per heavy atom. The van der Waals surface area contributed by atoms with Crippen molar-refractivity contribution in [2.75, 3.05) is 6.61 Å². The third-order valence-electron chi connectivity index (χ3n) is 3.55. The number of esters is 2. The Balaban J connectivity index is 2.73. The van der Waals surface area contributed by atoms with Gasteiger partial charge in [-0.15, -0.1) is 0 Å². The lowest BCUT2D eigenvalue weighted by molar-refractivity contribution is -0.169. The summed E-state index contributed by atoms with van der Waals surface area (Å²) in [4.78, 5) is 36.0. The molecule has 124 valence electrons. The summed E-state index contributed by atoms with van der Waals surface area (Å²) in [5.74, 6) is -0.839. The summed E-state index contributed by atoms with van der Waals surface area (Å²) in [5, 5.41) is 0. The van der Waals surface area contributed by atoms with Gasteiger partial charge in [0.1, 0.15) is 11.0 Å². The van der Waals surface area contributed by atoms with E-state index >= 15 is 0 Å². The summed E-state index contributed by atoms with van der Waals surface area (Å²) >= 11 is 0. The van der Waals surface area contributed by atoms with Crippen molar-refractivity contribution in [1.29, 1.82) is 0 Å². The molecule has 0 aliphatic heterocycles. The number of rotatable bonds is 6. The molecule has 0 unspecified atom stereocenters. The van der Waals surface area contributed by atoms with Gasteiger partial charge in [-0.1, -0.05) is 12.2 Å². The smallest absolute Gasteiger partial charge is 0.320 e. The normalized spacial score (nSPS) is 22.1. The van der Waals surface area contributed by atoms with Crippen LogP contribution < -0.4 is 0 Å². The predicted octanol–water partition coefficient (Wildman–Crippen LogP) is 2.97. The SMILES string of the molecule is CCOC(=O)C/C=C\C[C@@]1(C(=O)OC(C)(C)C)CCCC1=O. The molecule has 1 fully saturated rings. The molecule has 0 spiro atoms. The van der Waals surface area contributed by atoms with E-state index in [1.165, 1.54) is 0 Å². The van der Waals surface area contributed by atoms with Gasteiger partial charge in [-0.3, -0.25) is 14.4 Å². The number of hydrogen-bond acceptors (Lipinski definition) is 5. The second-order valence-electron chi connectivity index (χ2n) is 6.55. The highest BCUT2D eigenvalue weighted by atomic mass is 16.6. The fourth-order valence-corrected chi connectivity index (χ4v) is 2.50. The van der Waals surface area contributed by atoms with E-state index in [1.54, 1.807) is 39.8 Å². The Morgan fingerprint density at radius 2 is 1.95 bits per heavy atom. The van der Waals surface area contributed by atoms with E-state index in [-0.39, 0.29) is 24.6 Å². The minimum absolute atomic E-state index is 0.0671. The second kappa shape index (κ2) is 7.56. The van der Waals surface area contributed by atoms with Crippen LogP contribution in [-0.2, 0) is 23.9 Å². The van der Waals surface area contributed by atoms with Crippen molar-refractivity contribution in [3.8, 4) is 0 Å². The predicted molar refractivity (Wildman–Crippen MR) is 82.1 cm³/mol. The van der Waals surface area contributed by atoms with Crippen molar-refractivity contribution in [3.05, 3.63) is 12.2 Å². The molecule has 0 bridgehead atoms. The molecule has 22 heavy (non-hydrogen) atoms. The van der Waals surface area contributed by atoms with Crippen molar-refractivity contribution in [2.45, 2.75) is 65.4 Å². The number of carbonyl (C=O) groups is 3. The molecular weight excluding hydrogens is 284 g/mol. The highest BCUT2D eigenvalue weighted by Gasteiger charge is 2.49. The van der Waals surface area contributed by atoms with Gasteiger partial charge in [0.05, 0.1) is 13.0 Å². The van der Waals surface area contributed by atoms with Crippen molar-refractivity contribution < 1.29 is 23.9 Å². The Bertz CT molecular complexity index is 458. The molecule has 0 aromatic rings. The van der Waals surface area contributed by atoms with E-state index in [4.69, 9.17) is 9.47 Å². The van der Waals surface area contributed by atoms with E-state index in [9.17, 15) is 14.4 Å². The Hall–Kier alpha value is -1.65. The van der Waals surface area contributed by atoms with Crippen LogP contribution in [-0.4, -0.2) is 29.9 Å². The topological polar surface area (TPSA) is 69.7 Å². The van der Waals surface area contributed by atoms with Crippen LogP contribution in [0.4, 0.5) is 0 Å². The van der Waals surface area contributed by atoms with Gasteiger partial charge in [-0.2, -0.15) is 0 Å². The van der Waals surface area contributed by atoms with Crippen molar-refractivity contribution in [3.63, 3.8) is 0 Å². The quantitative estimate of drug-likeness (QED) is 0.428. The zero-order valence-corrected chi connectivity index (χ0v) is 13.9. The third-order valence-corrected chi connectivity index (χ3v) is 3.55. The first-order chi connectivity index (χ1) is 10.2. The average molecular weight is 310 g/mol. The number of carbonyl (C=O) groups excluding carboxylic acids is 3. The van der Waals surface area contributed by atoms with Crippen molar-refractivity contribution in [2.24, 2.45) is 5.41 Å². The minimum Gasteiger partial charge on any atom is -0.466 e. The summed E-state index contributed by atoms with van der Waals surface area (Å²) in [7, 11) is 0. The van der Waals surface area contributed by atoms with Crippen LogP contribution in [0.1, 0.15) is 59.8 Å². The number of allylic oxidation sites excluding steroid dienone is 1. The number of hydrogen-bond donors (Lipinski definition) is 0. The van der Waals surface area contributed by atoms with Gasteiger partial charge in [-0.05, 0) is 47.0 Å². The molecule has 0 aromatic heterocycles. The van der Waals surface area contributed by atoms with E-state index in [0.717, 1.165) is 0 Å². The van der Waals surface area contributed by atoms with Crippen LogP contribution in [0, 0.1) is 5.41 Å². The third kappa shape index (κ3) is 4.97. The fourth-order valence-electron chi connectivity index (χ4n) is 2.50. The van der Waals surface area contributed by atoms with Crippen LogP contribution in [0.5, 0.6) is 0 Å². The van der Waals surface area contributed by atoms with Gasteiger partial charge in [-0.25, -0.2) is 0 Å². The molecule has 5 heteroatoms. The molecule has 1 rings (SSSR count). The molecule has 0 aromatic carbocycles. The summed E-state index contributed by atoms with van der Waals surface area (Å²) in [6.07, 6.45) is 5.39. The Morgan fingerprint density at radius 3 is 2.45 bits per heavy atom. The standard InChI is InChI=1S/C17H26O5/c1-5-21-14(19)10-6-7-11-17(12-8-9-13(17)18)15(20)22-16(2,3)4/h6-7H,5,8-12H2,1-4H3/b7-6-/t17-/m1/s1. The average Bonchev–Trinajstić information content (AvgIpc) is 2.76. The molecule has 0 radical (unpaired) electrons. The largest absolute Gasteiger partial charge is 0.466 e. The maximum atomic E-state index is 12.5. The summed E-state index contributed by atoms with van der Waals surface area (Å²) in [6.45, 7) is 7.45. The van der Waals surface area contributed by atoms with Crippen LogP contribution in [0.2, 0.25) is 0 Å². The maximum Gasteiger partial charge on any atom is 0.320 e. The number of ether oxygens (including phenoxy) is 2. The molecule has 0 saturated heterocycles. The molecular formula is C17H26O5. The van der Waals surface area contributed by atoms with Crippen LogP contribution in [0.3, 0.4) is 0 Å². The zero-order chi connectivity index (χ0) is 16.8. The van der Waals surface area contributed by atoms with E-state index in [1.807, 2.05) is 0 Å². The fraction of sp³-hybridized carbons (Fsp3) is 0.706. The molecule has 1 atom stereocenters. The Kier molecular flexibility index (Phi) is 6.33. The highest BCUT2D eigenvalue weighted by molar-refractivity contribution is 6.05. The Labute approximate surface area is 132 Å². The maximum absolute atomic E-state index is 12.5. The van der Waals surface area contributed by atoms with E-state index in [2.05, 4.69) is 0 Å². The first-order valence-corrected chi connectivity index (χ1v) is 7.78. The van der Waals surface area contributed by atoms with Crippen LogP contribution >= 0.6 is 0 Å². The van der Waals surface area contributed by atoms with Crippen molar-refractivity contribution >= 4 is 17.7 Å². The lowest BCUT2D eigenvalue weighted by Gasteiger charge is -2.29. The molecule has 1 saturated carbocycles. The van der Waals surface area contributed by atoms with Crippen molar-refractivity contribution in [1.82, 2.24) is 0 Å². The summed E-state index contributed by atoms with van der Waals surface area (Å²) in [6, 6.07) is 0. The molecule has 1 aliphatic rings. The lowest BCUT2D eigenvalue weighted by atomic mass is 9.81. The van der Waals surface area contributed by atoms with E-state index in [0.29, 0.717) is 25.9 Å². The highest BCUT2D eigenvalue weighted by Crippen LogP contribution is 2.40. The van der Waals surface area contributed by atoms with Gasteiger partial charge >= 0.3 is 11.9 Å². The van der Waals surface area contributed by atoms with Crippen LogP contribution in [0.15, 0.2) is 12.2 Å².